The Kier molecular flexibility index (Phi) is 3.31. The van der Waals surface area contributed by atoms with E-state index in [4.69, 9.17) is 9.47 Å². The van der Waals surface area contributed by atoms with Crippen LogP contribution in [0.3, 0.4) is 0 Å². The van der Waals surface area contributed by atoms with E-state index in [0.717, 1.165) is 16.5 Å². The number of cyclic esters (lactones) is 1. The highest BCUT2D eigenvalue weighted by atomic mass is 16.6. The average Bonchev–Trinajstić information content (AvgIpc) is 3.00. The summed E-state index contributed by atoms with van der Waals surface area (Å²) in [4.78, 5) is 23.6. The summed E-state index contributed by atoms with van der Waals surface area (Å²) in [6.45, 7) is 5.72. The number of rotatable bonds is 1. The molecule has 6 heteroatoms. The van der Waals surface area contributed by atoms with Crippen molar-refractivity contribution >= 4 is 23.1 Å². The highest BCUT2D eigenvalue weighted by Gasteiger charge is 2.28. The van der Waals surface area contributed by atoms with E-state index < -0.39 is 17.8 Å². The number of aromatic nitrogens is 1. The maximum atomic E-state index is 12.4. The molecule has 1 fully saturated rings. The van der Waals surface area contributed by atoms with Gasteiger partial charge in [0.1, 0.15) is 12.2 Å². The van der Waals surface area contributed by atoms with Crippen LogP contribution in [0.25, 0.3) is 10.9 Å². The van der Waals surface area contributed by atoms with Gasteiger partial charge < -0.3 is 14.8 Å². The summed E-state index contributed by atoms with van der Waals surface area (Å²) < 4.78 is 11.9. The molecule has 2 heterocycles. The summed E-state index contributed by atoms with van der Waals surface area (Å²) in [6, 6.07) is 7.25. The summed E-state index contributed by atoms with van der Waals surface area (Å²) in [7, 11) is 0. The Balaban J connectivity index is 2.04. The third-order valence-electron chi connectivity index (χ3n) is 3.38. The van der Waals surface area contributed by atoms with Crippen molar-refractivity contribution in [3.63, 3.8) is 0 Å². The van der Waals surface area contributed by atoms with Gasteiger partial charge in [-0.25, -0.2) is 9.59 Å². The van der Waals surface area contributed by atoms with E-state index in [1.54, 1.807) is 6.20 Å². The summed E-state index contributed by atoms with van der Waals surface area (Å²) >= 11 is 0. The SMILES string of the molecule is CC(C)(C)OC(=O)n1cc(C2COC(=O)N2)c2ccccc21. The lowest BCUT2D eigenvalue weighted by Gasteiger charge is -2.19. The molecule has 1 saturated heterocycles. The highest BCUT2D eigenvalue weighted by Crippen LogP contribution is 2.29. The van der Waals surface area contributed by atoms with Crippen molar-refractivity contribution < 1.29 is 19.1 Å². The molecule has 0 bridgehead atoms. The van der Waals surface area contributed by atoms with Gasteiger partial charge in [-0.2, -0.15) is 0 Å². The van der Waals surface area contributed by atoms with E-state index in [2.05, 4.69) is 5.32 Å². The van der Waals surface area contributed by atoms with Crippen LogP contribution < -0.4 is 5.32 Å². The molecule has 0 saturated carbocycles. The molecule has 1 N–H and O–H groups in total. The zero-order chi connectivity index (χ0) is 15.9. The normalized spacial score (nSPS) is 18.1. The topological polar surface area (TPSA) is 69.6 Å². The standard InChI is InChI=1S/C16H18N2O4/c1-16(2,3)22-15(20)18-8-11(12-9-21-14(19)17-12)10-6-4-5-7-13(10)18/h4-8,12H,9H2,1-3H3,(H,17,19). The van der Waals surface area contributed by atoms with Gasteiger partial charge >= 0.3 is 12.2 Å². The van der Waals surface area contributed by atoms with E-state index >= 15 is 0 Å². The molecule has 1 unspecified atom stereocenters. The second-order valence-electron chi connectivity index (χ2n) is 6.25. The molecule has 0 aliphatic carbocycles. The predicted molar refractivity (Wildman–Crippen MR) is 80.8 cm³/mol. The number of para-hydroxylation sites is 1. The van der Waals surface area contributed by atoms with Crippen LogP contribution in [0.1, 0.15) is 32.4 Å². The first-order valence-electron chi connectivity index (χ1n) is 7.12. The lowest BCUT2D eigenvalue weighted by molar-refractivity contribution is 0.0544. The number of benzene rings is 1. The summed E-state index contributed by atoms with van der Waals surface area (Å²) in [6.07, 6.45) is 0.817. The van der Waals surface area contributed by atoms with Crippen molar-refractivity contribution in [2.45, 2.75) is 32.4 Å². The minimum Gasteiger partial charge on any atom is -0.447 e. The average molecular weight is 302 g/mol. The number of alkyl carbamates (subject to hydrolysis) is 1. The van der Waals surface area contributed by atoms with Gasteiger partial charge in [-0.3, -0.25) is 4.57 Å². The Morgan fingerprint density at radius 3 is 2.73 bits per heavy atom. The second-order valence-corrected chi connectivity index (χ2v) is 6.25. The molecule has 1 aliphatic rings. The zero-order valence-corrected chi connectivity index (χ0v) is 12.8. The molecule has 3 rings (SSSR count). The number of hydrogen-bond acceptors (Lipinski definition) is 4. The third-order valence-corrected chi connectivity index (χ3v) is 3.38. The van der Waals surface area contributed by atoms with Crippen molar-refractivity contribution in [3.8, 4) is 0 Å². The Bertz CT molecular complexity index is 742. The smallest absolute Gasteiger partial charge is 0.419 e. The molecule has 2 aromatic rings. The number of fused-ring (bicyclic) bond motifs is 1. The minimum absolute atomic E-state index is 0.251. The number of hydrogen-bond donors (Lipinski definition) is 1. The first-order valence-corrected chi connectivity index (χ1v) is 7.12. The van der Waals surface area contributed by atoms with Crippen LogP contribution in [-0.4, -0.2) is 29.0 Å². The van der Waals surface area contributed by atoms with Crippen molar-refractivity contribution in [2.24, 2.45) is 0 Å². The fourth-order valence-corrected chi connectivity index (χ4v) is 2.50. The summed E-state index contributed by atoms with van der Waals surface area (Å²) in [5.41, 5.74) is 1.01. The largest absolute Gasteiger partial charge is 0.447 e. The molecule has 6 nitrogen and oxygen atoms in total. The van der Waals surface area contributed by atoms with Gasteiger partial charge in [0.25, 0.3) is 0 Å². The van der Waals surface area contributed by atoms with Gasteiger partial charge in [0.15, 0.2) is 0 Å². The predicted octanol–water partition coefficient (Wildman–Crippen LogP) is 3.21. The van der Waals surface area contributed by atoms with Crippen LogP contribution in [0.15, 0.2) is 30.5 Å². The van der Waals surface area contributed by atoms with Crippen molar-refractivity contribution in [1.82, 2.24) is 9.88 Å². The Hall–Kier alpha value is -2.50. The van der Waals surface area contributed by atoms with Crippen molar-refractivity contribution in [3.05, 3.63) is 36.0 Å². The van der Waals surface area contributed by atoms with E-state index in [1.807, 2.05) is 45.0 Å². The van der Waals surface area contributed by atoms with E-state index in [0.29, 0.717) is 0 Å². The fraction of sp³-hybridized carbons (Fsp3) is 0.375. The van der Waals surface area contributed by atoms with Gasteiger partial charge in [0, 0.05) is 17.1 Å². The van der Waals surface area contributed by atoms with E-state index in [1.165, 1.54) is 4.57 Å². The van der Waals surface area contributed by atoms with Crippen LogP contribution in [0.5, 0.6) is 0 Å². The first kappa shape index (κ1) is 14.4. The third kappa shape index (κ3) is 2.64. The fourth-order valence-electron chi connectivity index (χ4n) is 2.50. The molecule has 0 spiro atoms. The summed E-state index contributed by atoms with van der Waals surface area (Å²) in [5, 5.41) is 3.63. The second kappa shape index (κ2) is 5.05. The van der Waals surface area contributed by atoms with E-state index in [-0.39, 0.29) is 12.6 Å². The number of carbonyl (C=O) groups is 2. The van der Waals surface area contributed by atoms with Gasteiger partial charge in [0.05, 0.1) is 11.6 Å². The van der Waals surface area contributed by atoms with Gasteiger partial charge in [-0.1, -0.05) is 18.2 Å². The minimum atomic E-state index is -0.576. The number of amides is 1. The van der Waals surface area contributed by atoms with Crippen LogP contribution in [0, 0.1) is 0 Å². The highest BCUT2D eigenvalue weighted by molar-refractivity contribution is 5.92. The van der Waals surface area contributed by atoms with Crippen LogP contribution in [0.2, 0.25) is 0 Å². The van der Waals surface area contributed by atoms with Crippen LogP contribution >= 0.6 is 0 Å². The molecular weight excluding hydrogens is 284 g/mol. The molecular formula is C16H18N2O4. The monoisotopic (exact) mass is 302 g/mol. The number of nitrogens with one attached hydrogen (secondary N) is 1. The molecule has 116 valence electrons. The Morgan fingerprint density at radius 1 is 1.36 bits per heavy atom. The zero-order valence-electron chi connectivity index (χ0n) is 12.8. The van der Waals surface area contributed by atoms with Crippen molar-refractivity contribution in [1.29, 1.82) is 0 Å². The molecule has 1 aromatic heterocycles. The van der Waals surface area contributed by atoms with Crippen molar-refractivity contribution in [2.75, 3.05) is 6.61 Å². The van der Waals surface area contributed by atoms with Crippen LogP contribution in [-0.2, 0) is 9.47 Å². The van der Waals surface area contributed by atoms with Gasteiger partial charge in [0.2, 0.25) is 0 Å². The van der Waals surface area contributed by atoms with Gasteiger partial charge in [-0.15, -0.1) is 0 Å². The lowest BCUT2D eigenvalue weighted by atomic mass is 10.1. The van der Waals surface area contributed by atoms with Gasteiger partial charge in [-0.05, 0) is 26.8 Å². The number of ether oxygens (including phenoxy) is 2. The Labute approximate surface area is 128 Å². The lowest BCUT2D eigenvalue weighted by Crippen LogP contribution is -2.26. The quantitative estimate of drug-likeness (QED) is 0.878. The molecule has 22 heavy (non-hydrogen) atoms. The Morgan fingerprint density at radius 2 is 2.09 bits per heavy atom. The summed E-state index contributed by atoms with van der Waals surface area (Å²) in [5.74, 6) is 0. The number of carbonyl (C=O) groups excluding carboxylic acids is 2. The number of nitrogens with zero attached hydrogens (tertiary/aromatic N) is 1. The molecule has 1 aromatic carbocycles. The maximum absolute atomic E-state index is 12.4. The van der Waals surface area contributed by atoms with E-state index in [9.17, 15) is 9.59 Å². The first-order chi connectivity index (χ1) is 10.3. The molecule has 1 amide bonds. The molecule has 0 radical (unpaired) electrons. The van der Waals surface area contributed by atoms with Crippen LogP contribution in [0.4, 0.5) is 9.59 Å². The maximum Gasteiger partial charge on any atom is 0.419 e. The molecule has 1 atom stereocenters. The molecule has 1 aliphatic heterocycles.